The van der Waals surface area contributed by atoms with Crippen LogP contribution in [-0.4, -0.2) is 104 Å². The Morgan fingerprint density at radius 3 is 1.68 bits per heavy atom. The SMILES string of the molecule is COc1ccc(COC[C@H]2O[C@@H](OCc3ccccc3)[C@H](NC(C)=O)[C@@H](O[C@@H]3O[C@H](CO)[C@@H](OCc4ccccc4)[C@H](OCc4ccccc4)[C@H]3OC(C)=O)[C@@H]2O)cc1. The molecule has 0 saturated carbocycles. The van der Waals surface area contributed by atoms with Gasteiger partial charge in [-0.15, -0.1) is 0 Å². The maximum atomic E-state index is 12.8. The lowest BCUT2D eigenvalue weighted by Gasteiger charge is -2.49. The first-order valence-electron chi connectivity index (χ1n) is 19.6. The average molecular weight is 816 g/mol. The van der Waals surface area contributed by atoms with E-state index >= 15 is 0 Å². The molecule has 6 rings (SSSR count). The topological polar surface area (TPSA) is 170 Å². The summed E-state index contributed by atoms with van der Waals surface area (Å²) in [5.41, 5.74) is 3.39. The molecule has 10 atom stereocenters. The molecule has 14 nitrogen and oxygen atoms in total. The molecule has 2 aliphatic heterocycles. The van der Waals surface area contributed by atoms with Crippen LogP contribution < -0.4 is 10.1 Å². The summed E-state index contributed by atoms with van der Waals surface area (Å²) in [6.07, 6.45) is -10.7. The quantitative estimate of drug-likeness (QED) is 0.115. The standard InChI is InChI=1S/C45H53NO13/c1-29(48)46-38-41(39(50)37(28-52-24-34-19-21-35(51-3)22-20-34)58-44(38)55-27-33-17-11-6-12-18-33)59-45-43(56-30(2)49)42(54-26-32-15-9-5-10-16-32)40(36(23-47)57-45)53-25-31-13-7-4-8-14-31/h4-22,36-45,47,50H,23-28H2,1-3H3,(H,46,48)/t36-,37-,38-,39-,40-,41-,42+,43-,44-,45+/m1/s1. The summed E-state index contributed by atoms with van der Waals surface area (Å²) >= 11 is 0. The molecule has 14 heteroatoms. The number of aliphatic hydroxyl groups is 2. The lowest BCUT2D eigenvalue weighted by molar-refractivity contribution is -0.354. The summed E-state index contributed by atoms with van der Waals surface area (Å²) in [5.74, 6) is -0.413. The molecule has 2 aliphatic rings. The molecule has 0 spiro atoms. The molecular weight excluding hydrogens is 762 g/mol. The van der Waals surface area contributed by atoms with Gasteiger partial charge < -0.3 is 58.2 Å². The van der Waals surface area contributed by atoms with Crippen molar-refractivity contribution in [3.05, 3.63) is 138 Å². The number of hydrogen-bond donors (Lipinski definition) is 3. The highest BCUT2D eigenvalue weighted by Crippen LogP contribution is 2.34. The summed E-state index contributed by atoms with van der Waals surface area (Å²) < 4.78 is 55.8. The molecule has 316 valence electrons. The molecular formula is C45H53NO13. The Balaban J connectivity index is 1.30. The normalized spacial score (nSPS) is 26.8. The number of ether oxygens (including phenoxy) is 9. The average Bonchev–Trinajstić information content (AvgIpc) is 3.25. The number of nitrogens with one attached hydrogen (secondary N) is 1. The predicted octanol–water partition coefficient (Wildman–Crippen LogP) is 4.22. The van der Waals surface area contributed by atoms with Gasteiger partial charge >= 0.3 is 5.97 Å². The lowest BCUT2D eigenvalue weighted by Crippen LogP contribution is -2.68. The fourth-order valence-corrected chi connectivity index (χ4v) is 7.05. The maximum Gasteiger partial charge on any atom is 0.303 e. The highest BCUT2D eigenvalue weighted by atomic mass is 16.7. The fraction of sp³-hybridized carbons (Fsp3) is 0.422. The Bertz CT molecular complexity index is 1850. The van der Waals surface area contributed by atoms with Crippen molar-refractivity contribution in [3.63, 3.8) is 0 Å². The third-order valence-corrected chi connectivity index (χ3v) is 9.95. The Kier molecular flexibility index (Phi) is 16.4. The van der Waals surface area contributed by atoms with Gasteiger partial charge in [-0.05, 0) is 34.4 Å². The number of methoxy groups -OCH3 is 1. The second-order valence-corrected chi connectivity index (χ2v) is 14.3. The number of carbonyl (C=O) groups excluding carboxylic acids is 2. The van der Waals surface area contributed by atoms with Crippen LogP contribution in [0, 0.1) is 0 Å². The van der Waals surface area contributed by atoms with Gasteiger partial charge in [-0.1, -0.05) is 103 Å². The van der Waals surface area contributed by atoms with E-state index in [4.69, 9.17) is 42.6 Å². The molecule has 0 unspecified atom stereocenters. The van der Waals surface area contributed by atoms with Crippen molar-refractivity contribution in [1.82, 2.24) is 5.32 Å². The molecule has 2 saturated heterocycles. The van der Waals surface area contributed by atoms with Gasteiger partial charge in [0.1, 0.15) is 48.4 Å². The first-order chi connectivity index (χ1) is 28.7. The Morgan fingerprint density at radius 1 is 0.627 bits per heavy atom. The van der Waals surface area contributed by atoms with Gasteiger partial charge in [0, 0.05) is 13.8 Å². The first-order valence-corrected chi connectivity index (χ1v) is 19.6. The van der Waals surface area contributed by atoms with Gasteiger partial charge in [0.05, 0.1) is 46.8 Å². The van der Waals surface area contributed by atoms with Gasteiger partial charge in [0.2, 0.25) is 5.91 Å². The predicted molar refractivity (Wildman–Crippen MR) is 212 cm³/mol. The summed E-state index contributed by atoms with van der Waals surface area (Å²) in [6.45, 7) is 2.47. The van der Waals surface area contributed by atoms with Crippen molar-refractivity contribution in [3.8, 4) is 5.75 Å². The van der Waals surface area contributed by atoms with E-state index in [1.54, 1.807) is 7.11 Å². The van der Waals surface area contributed by atoms with Crippen molar-refractivity contribution >= 4 is 11.9 Å². The van der Waals surface area contributed by atoms with Gasteiger partial charge in [-0.2, -0.15) is 0 Å². The summed E-state index contributed by atoms with van der Waals surface area (Å²) in [5, 5.41) is 25.7. The minimum atomic E-state index is -1.45. The van der Waals surface area contributed by atoms with Crippen LogP contribution in [-0.2, 0) is 73.9 Å². The highest BCUT2D eigenvalue weighted by Gasteiger charge is 2.54. The summed E-state index contributed by atoms with van der Waals surface area (Å²) in [4.78, 5) is 25.6. The molecule has 59 heavy (non-hydrogen) atoms. The molecule has 0 aliphatic carbocycles. The van der Waals surface area contributed by atoms with E-state index in [2.05, 4.69) is 5.32 Å². The second-order valence-electron chi connectivity index (χ2n) is 14.3. The van der Waals surface area contributed by atoms with Crippen molar-refractivity contribution in [2.45, 2.75) is 102 Å². The van der Waals surface area contributed by atoms with E-state index in [0.29, 0.717) is 5.75 Å². The van der Waals surface area contributed by atoms with Crippen LogP contribution in [0.1, 0.15) is 36.1 Å². The van der Waals surface area contributed by atoms with Crippen LogP contribution in [0.5, 0.6) is 5.75 Å². The number of hydrogen-bond acceptors (Lipinski definition) is 13. The van der Waals surface area contributed by atoms with Gasteiger partial charge in [-0.25, -0.2) is 0 Å². The van der Waals surface area contributed by atoms with E-state index in [9.17, 15) is 19.8 Å². The van der Waals surface area contributed by atoms with Crippen molar-refractivity contribution in [2.75, 3.05) is 20.3 Å². The molecule has 4 aromatic rings. The van der Waals surface area contributed by atoms with Crippen LogP contribution in [0.25, 0.3) is 0 Å². The lowest BCUT2D eigenvalue weighted by atomic mass is 9.95. The molecule has 2 heterocycles. The van der Waals surface area contributed by atoms with Crippen molar-refractivity contribution < 1.29 is 62.4 Å². The van der Waals surface area contributed by atoms with Crippen LogP contribution in [0.2, 0.25) is 0 Å². The van der Waals surface area contributed by atoms with E-state index in [1.807, 2.05) is 115 Å². The Hall–Kier alpha value is -4.74. The molecule has 0 bridgehead atoms. The monoisotopic (exact) mass is 815 g/mol. The largest absolute Gasteiger partial charge is 0.497 e. The minimum absolute atomic E-state index is 0.0940. The van der Waals surface area contributed by atoms with E-state index in [1.165, 1.54) is 13.8 Å². The molecule has 1 amide bonds. The van der Waals surface area contributed by atoms with Crippen molar-refractivity contribution in [1.29, 1.82) is 0 Å². The smallest absolute Gasteiger partial charge is 0.303 e. The third-order valence-electron chi connectivity index (χ3n) is 9.95. The van der Waals surface area contributed by atoms with Crippen LogP contribution in [0.4, 0.5) is 0 Å². The van der Waals surface area contributed by atoms with E-state index in [-0.39, 0.29) is 33.0 Å². The van der Waals surface area contributed by atoms with E-state index in [0.717, 1.165) is 22.3 Å². The molecule has 0 radical (unpaired) electrons. The maximum absolute atomic E-state index is 12.8. The van der Waals surface area contributed by atoms with Gasteiger partial charge in [-0.3, -0.25) is 9.59 Å². The van der Waals surface area contributed by atoms with Gasteiger partial charge in [0.15, 0.2) is 18.7 Å². The zero-order valence-electron chi connectivity index (χ0n) is 33.4. The number of esters is 1. The number of rotatable bonds is 19. The zero-order valence-corrected chi connectivity index (χ0v) is 33.4. The highest BCUT2D eigenvalue weighted by molar-refractivity contribution is 5.73. The number of benzene rings is 4. The summed E-state index contributed by atoms with van der Waals surface area (Å²) in [6, 6.07) is 34.5. The fourth-order valence-electron chi connectivity index (χ4n) is 7.05. The van der Waals surface area contributed by atoms with Crippen LogP contribution in [0.3, 0.4) is 0 Å². The molecule has 3 N–H and O–H groups in total. The number of amides is 1. The Morgan fingerprint density at radius 2 is 1.15 bits per heavy atom. The molecule has 0 aromatic heterocycles. The summed E-state index contributed by atoms with van der Waals surface area (Å²) in [7, 11) is 1.59. The van der Waals surface area contributed by atoms with E-state index < -0.39 is 79.8 Å². The number of carbonyl (C=O) groups is 2. The third kappa shape index (κ3) is 12.4. The van der Waals surface area contributed by atoms with Crippen molar-refractivity contribution in [2.24, 2.45) is 0 Å². The van der Waals surface area contributed by atoms with Gasteiger partial charge in [0.25, 0.3) is 0 Å². The van der Waals surface area contributed by atoms with Crippen LogP contribution >= 0.6 is 0 Å². The molecule has 2 fully saturated rings. The molecule has 4 aromatic carbocycles. The minimum Gasteiger partial charge on any atom is -0.497 e. The second kappa shape index (κ2) is 22.0. The first kappa shape index (κ1) is 43.8. The zero-order chi connectivity index (χ0) is 41.6. The Labute approximate surface area is 344 Å². The van der Waals surface area contributed by atoms with Crippen LogP contribution in [0.15, 0.2) is 115 Å². The number of aliphatic hydroxyl groups excluding tert-OH is 2.